The van der Waals surface area contributed by atoms with Crippen molar-refractivity contribution in [2.45, 2.75) is 31.8 Å². The number of nitrogens with two attached hydrogens (primary N) is 1. The third-order valence-electron chi connectivity index (χ3n) is 2.44. The molecule has 72 valence electrons. The van der Waals surface area contributed by atoms with Crippen LogP contribution in [0.4, 0.5) is 0 Å². The van der Waals surface area contributed by atoms with Crippen LogP contribution in [-0.4, -0.2) is 42.3 Å². The first-order chi connectivity index (χ1) is 5.83. The number of hydrogen-bond donors (Lipinski definition) is 2. The van der Waals surface area contributed by atoms with Crippen LogP contribution >= 0.6 is 0 Å². The number of rotatable bonds is 3. The fourth-order valence-electron chi connectivity index (χ4n) is 1.69. The lowest BCUT2D eigenvalue weighted by Gasteiger charge is -2.22. The van der Waals surface area contributed by atoms with E-state index in [1.807, 2.05) is 0 Å². The Kier molecular flexibility index (Phi) is 4.58. The van der Waals surface area contributed by atoms with Gasteiger partial charge >= 0.3 is 0 Å². The third kappa shape index (κ3) is 3.52. The van der Waals surface area contributed by atoms with Gasteiger partial charge in [0.25, 0.3) is 0 Å². The molecule has 0 aromatic carbocycles. The highest BCUT2D eigenvalue weighted by Crippen LogP contribution is 2.09. The van der Waals surface area contributed by atoms with Gasteiger partial charge in [-0.25, -0.2) is 0 Å². The van der Waals surface area contributed by atoms with E-state index in [0.717, 1.165) is 19.6 Å². The second-order valence-electron chi connectivity index (χ2n) is 3.60. The van der Waals surface area contributed by atoms with Crippen molar-refractivity contribution in [3.63, 3.8) is 0 Å². The Balaban J connectivity index is 2.20. The van der Waals surface area contributed by atoms with Gasteiger partial charge in [-0.3, -0.25) is 0 Å². The quantitative estimate of drug-likeness (QED) is 0.638. The van der Waals surface area contributed by atoms with E-state index in [1.165, 1.54) is 25.7 Å². The van der Waals surface area contributed by atoms with E-state index in [9.17, 15) is 5.11 Å². The molecule has 12 heavy (non-hydrogen) atoms. The Morgan fingerprint density at radius 1 is 1.17 bits per heavy atom. The molecule has 0 aromatic heterocycles. The highest BCUT2D eigenvalue weighted by atomic mass is 16.3. The second-order valence-corrected chi connectivity index (χ2v) is 3.60. The van der Waals surface area contributed by atoms with Gasteiger partial charge in [0, 0.05) is 13.1 Å². The van der Waals surface area contributed by atoms with E-state index in [1.54, 1.807) is 0 Å². The predicted molar refractivity (Wildman–Crippen MR) is 50.0 cm³/mol. The fourth-order valence-corrected chi connectivity index (χ4v) is 1.69. The normalized spacial score (nSPS) is 23.5. The zero-order chi connectivity index (χ0) is 8.81. The molecule has 1 aliphatic rings. The summed E-state index contributed by atoms with van der Waals surface area (Å²) in [5, 5.41) is 9.34. The molecule has 0 amide bonds. The number of nitrogens with zero attached hydrogens (tertiary/aromatic N) is 1. The maximum Gasteiger partial charge on any atom is 0.0789 e. The van der Waals surface area contributed by atoms with Gasteiger partial charge in [0.1, 0.15) is 0 Å². The number of β-amino-alcohol motifs (C(OH)–C–C–N with tert-alkyl or cyclic N) is 1. The predicted octanol–water partition coefficient (Wildman–Crippen LogP) is 0.182. The standard InChI is InChI=1S/C9H20N2O/c10-7-9(12)8-11-5-3-1-2-4-6-11/h9,12H,1-8,10H2/t9-/m1/s1. The molecule has 0 spiro atoms. The van der Waals surface area contributed by atoms with E-state index in [2.05, 4.69) is 4.90 Å². The van der Waals surface area contributed by atoms with Crippen molar-refractivity contribution >= 4 is 0 Å². The zero-order valence-electron chi connectivity index (χ0n) is 7.71. The highest BCUT2D eigenvalue weighted by Gasteiger charge is 2.11. The smallest absolute Gasteiger partial charge is 0.0789 e. The van der Waals surface area contributed by atoms with Crippen LogP contribution in [-0.2, 0) is 0 Å². The van der Waals surface area contributed by atoms with E-state index in [0.29, 0.717) is 6.54 Å². The molecule has 0 bridgehead atoms. The van der Waals surface area contributed by atoms with Gasteiger partial charge in [0.2, 0.25) is 0 Å². The first-order valence-electron chi connectivity index (χ1n) is 4.93. The molecule has 0 aliphatic carbocycles. The van der Waals surface area contributed by atoms with E-state index in [4.69, 9.17) is 5.73 Å². The number of hydrogen-bond acceptors (Lipinski definition) is 3. The van der Waals surface area contributed by atoms with Crippen molar-refractivity contribution in [2.75, 3.05) is 26.2 Å². The molecule has 1 rings (SSSR count). The van der Waals surface area contributed by atoms with Crippen LogP contribution in [0.25, 0.3) is 0 Å². The Hall–Kier alpha value is -0.120. The van der Waals surface area contributed by atoms with Gasteiger partial charge in [0.15, 0.2) is 0 Å². The molecule has 3 N–H and O–H groups in total. The number of aliphatic hydroxyl groups excluding tert-OH is 1. The monoisotopic (exact) mass is 172 g/mol. The third-order valence-corrected chi connectivity index (χ3v) is 2.44. The van der Waals surface area contributed by atoms with E-state index >= 15 is 0 Å². The average molecular weight is 172 g/mol. The average Bonchev–Trinajstić information content (AvgIpc) is 2.33. The van der Waals surface area contributed by atoms with Crippen molar-refractivity contribution in [1.29, 1.82) is 0 Å². The Morgan fingerprint density at radius 3 is 2.25 bits per heavy atom. The van der Waals surface area contributed by atoms with Crippen LogP contribution in [0.3, 0.4) is 0 Å². The molecule has 1 saturated heterocycles. The van der Waals surface area contributed by atoms with E-state index < -0.39 is 0 Å². The first-order valence-corrected chi connectivity index (χ1v) is 4.93. The lowest BCUT2D eigenvalue weighted by atomic mass is 10.2. The minimum Gasteiger partial charge on any atom is -0.390 e. The number of likely N-dealkylation sites (tertiary alicyclic amines) is 1. The van der Waals surface area contributed by atoms with Gasteiger partial charge in [-0.1, -0.05) is 12.8 Å². The molecule has 0 saturated carbocycles. The summed E-state index contributed by atoms with van der Waals surface area (Å²) >= 11 is 0. The van der Waals surface area contributed by atoms with Crippen molar-refractivity contribution in [3.8, 4) is 0 Å². The van der Waals surface area contributed by atoms with Gasteiger partial charge in [-0.2, -0.15) is 0 Å². The van der Waals surface area contributed by atoms with Crippen LogP contribution in [0.5, 0.6) is 0 Å². The van der Waals surface area contributed by atoms with Crippen LogP contribution in [0, 0.1) is 0 Å². The molecule has 1 fully saturated rings. The van der Waals surface area contributed by atoms with Crippen LogP contribution < -0.4 is 5.73 Å². The molecule has 1 aliphatic heterocycles. The van der Waals surface area contributed by atoms with Crippen LogP contribution in [0.2, 0.25) is 0 Å². The maximum atomic E-state index is 9.34. The van der Waals surface area contributed by atoms with E-state index in [-0.39, 0.29) is 6.10 Å². The fraction of sp³-hybridized carbons (Fsp3) is 1.00. The summed E-state index contributed by atoms with van der Waals surface area (Å²) in [4.78, 5) is 2.32. The Morgan fingerprint density at radius 2 is 1.75 bits per heavy atom. The van der Waals surface area contributed by atoms with Gasteiger partial charge < -0.3 is 15.7 Å². The summed E-state index contributed by atoms with van der Waals surface area (Å²) in [6, 6.07) is 0. The van der Waals surface area contributed by atoms with Crippen molar-refractivity contribution in [3.05, 3.63) is 0 Å². The van der Waals surface area contributed by atoms with Gasteiger partial charge in [0.05, 0.1) is 6.10 Å². The lowest BCUT2D eigenvalue weighted by molar-refractivity contribution is 0.120. The molecule has 0 radical (unpaired) electrons. The molecule has 3 nitrogen and oxygen atoms in total. The van der Waals surface area contributed by atoms with Crippen LogP contribution in [0.1, 0.15) is 25.7 Å². The minimum atomic E-state index is -0.330. The van der Waals surface area contributed by atoms with Crippen molar-refractivity contribution in [1.82, 2.24) is 4.90 Å². The van der Waals surface area contributed by atoms with Gasteiger partial charge in [-0.05, 0) is 25.9 Å². The molecular weight excluding hydrogens is 152 g/mol. The van der Waals surface area contributed by atoms with Crippen molar-refractivity contribution < 1.29 is 5.11 Å². The summed E-state index contributed by atoms with van der Waals surface area (Å²) in [6.45, 7) is 3.42. The largest absolute Gasteiger partial charge is 0.390 e. The molecule has 1 atom stereocenters. The van der Waals surface area contributed by atoms with Crippen LogP contribution in [0.15, 0.2) is 0 Å². The summed E-state index contributed by atoms with van der Waals surface area (Å²) in [5.41, 5.74) is 5.35. The second kappa shape index (κ2) is 5.51. The highest BCUT2D eigenvalue weighted by molar-refractivity contribution is 4.67. The van der Waals surface area contributed by atoms with Gasteiger partial charge in [-0.15, -0.1) is 0 Å². The molecule has 0 unspecified atom stereocenters. The molecular formula is C9H20N2O. The Labute approximate surface area is 74.5 Å². The summed E-state index contributed by atoms with van der Waals surface area (Å²) in [7, 11) is 0. The first kappa shape index (κ1) is 9.96. The molecule has 0 aromatic rings. The zero-order valence-corrected chi connectivity index (χ0v) is 7.71. The van der Waals surface area contributed by atoms with Crippen molar-refractivity contribution in [2.24, 2.45) is 5.73 Å². The minimum absolute atomic E-state index is 0.330. The lowest BCUT2D eigenvalue weighted by Crippen LogP contribution is -2.36. The summed E-state index contributed by atoms with van der Waals surface area (Å²) < 4.78 is 0. The summed E-state index contributed by atoms with van der Waals surface area (Å²) in [5.74, 6) is 0. The molecule has 3 heteroatoms. The maximum absolute atomic E-state index is 9.34. The molecule has 1 heterocycles. The topological polar surface area (TPSA) is 49.5 Å². The summed E-state index contributed by atoms with van der Waals surface area (Å²) in [6.07, 6.45) is 4.90. The Bertz CT molecular complexity index is 111. The number of aliphatic hydroxyl groups is 1. The SMILES string of the molecule is NC[C@@H](O)CN1CCCCCC1.